The van der Waals surface area contributed by atoms with Crippen LogP contribution in [0, 0.1) is 0 Å². The quantitative estimate of drug-likeness (QED) is 0.173. The van der Waals surface area contributed by atoms with E-state index in [0.29, 0.717) is 29.4 Å². The highest BCUT2D eigenvalue weighted by atomic mass is 32.2. The van der Waals surface area contributed by atoms with Crippen LogP contribution >= 0.6 is 0 Å². The van der Waals surface area contributed by atoms with Gasteiger partial charge in [-0.2, -0.15) is 0 Å². The molecule has 0 bridgehead atoms. The summed E-state index contributed by atoms with van der Waals surface area (Å²) in [5, 5.41) is 3.03. The number of rotatable bonds is 14. The molecule has 11 nitrogen and oxygen atoms in total. The van der Waals surface area contributed by atoms with Gasteiger partial charge < -0.3 is 15.0 Å². The van der Waals surface area contributed by atoms with E-state index in [1.807, 2.05) is 53.4 Å². The van der Waals surface area contributed by atoms with Crippen molar-refractivity contribution < 1.29 is 26.7 Å². The summed E-state index contributed by atoms with van der Waals surface area (Å²) < 4.78 is 53.5. The van der Waals surface area contributed by atoms with Gasteiger partial charge in [-0.1, -0.05) is 37.6 Å². The minimum Gasteiger partial charge on any atom is -0.457 e. The van der Waals surface area contributed by atoms with Crippen molar-refractivity contribution in [2.24, 2.45) is 0 Å². The SMILES string of the molecule is CCCCN(C(=O)Nc1cccc(CNS(=O)O)c1)C1CCN(Cc2ccc(Oc3ccc(NS(C)(=O)=O)cc3)cc2)CC1. The van der Waals surface area contributed by atoms with Gasteiger partial charge in [0, 0.05) is 50.1 Å². The smallest absolute Gasteiger partial charge is 0.322 e. The van der Waals surface area contributed by atoms with Gasteiger partial charge in [0.1, 0.15) is 11.5 Å². The maximum absolute atomic E-state index is 13.4. The van der Waals surface area contributed by atoms with Crippen molar-refractivity contribution in [2.45, 2.75) is 51.7 Å². The number of piperidine rings is 1. The Morgan fingerprint density at radius 2 is 1.66 bits per heavy atom. The number of nitrogens with zero attached hydrogens (tertiary/aromatic N) is 2. The van der Waals surface area contributed by atoms with Crippen LogP contribution in [0.3, 0.4) is 0 Å². The van der Waals surface area contributed by atoms with Crippen LogP contribution in [0.1, 0.15) is 43.7 Å². The third-order valence-electron chi connectivity index (χ3n) is 7.31. The largest absolute Gasteiger partial charge is 0.457 e. The number of ether oxygens (including phenoxy) is 1. The number of likely N-dealkylation sites (tertiary alicyclic amines) is 1. The predicted molar refractivity (Wildman–Crippen MR) is 174 cm³/mol. The molecule has 0 spiro atoms. The standard InChI is InChI=1S/C31H41N5O6S2/c1-3-4-18-36(31(37)33-27-7-5-6-25(21-27)22-32-43(38)39)28-16-19-35(20-17-28)23-24-8-12-29(13-9-24)42-30-14-10-26(11-15-30)34-44(2,40)41/h5-15,21,28,32,34H,3-4,16-20,22-23H2,1-2H3,(H,33,37)(H,38,39). The lowest BCUT2D eigenvalue weighted by Crippen LogP contribution is -2.49. The minimum atomic E-state index is -3.33. The lowest BCUT2D eigenvalue weighted by atomic mass is 10.0. The summed E-state index contributed by atoms with van der Waals surface area (Å²) in [6.07, 6.45) is 4.80. The van der Waals surface area contributed by atoms with Crippen molar-refractivity contribution in [3.05, 3.63) is 83.9 Å². The van der Waals surface area contributed by atoms with Gasteiger partial charge in [-0.15, -0.1) is 0 Å². The Bertz CT molecular complexity index is 1490. The summed E-state index contributed by atoms with van der Waals surface area (Å²) >= 11 is -2.10. The second-order valence-corrected chi connectivity index (χ2v) is 13.4. The lowest BCUT2D eigenvalue weighted by molar-refractivity contribution is 0.122. The number of nitrogens with one attached hydrogen (secondary N) is 3. The van der Waals surface area contributed by atoms with Gasteiger partial charge >= 0.3 is 6.03 Å². The Morgan fingerprint density at radius 1 is 1.00 bits per heavy atom. The van der Waals surface area contributed by atoms with Crippen molar-refractivity contribution >= 4 is 38.7 Å². The highest BCUT2D eigenvalue weighted by molar-refractivity contribution is 7.92. The van der Waals surface area contributed by atoms with E-state index in [9.17, 15) is 17.4 Å². The fraction of sp³-hybridized carbons (Fsp3) is 0.387. The van der Waals surface area contributed by atoms with Gasteiger partial charge in [0.2, 0.25) is 21.3 Å². The van der Waals surface area contributed by atoms with Gasteiger partial charge in [0.05, 0.1) is 6.26 Å². The third-order valence-corrected chi connectivity index (χ3v) is 8.31. The summed E-state index contributed by atoms with van der Waals surface area (Å²) in [7, 11) is -3.33. The average Bonchev–Trinajstić information content (AvgIpc) is 2.98. The van der Waals surface area contributed by atoms with E-state index in [0.717, 1.165) is 57.1 Å². The number of hydrogen-bond acceptors (Lipinski definition) is 6. The molecular formula is C31H41N5O6S2. The summed E-state index contributed by atoms with van der Waals surface area (Å²) in [4.78, 5) is 17.7. The van der Waals surface area contributed by atoms with Gasteiger partial charge in [0.25, 0.3) is 0 Å². The number of amides is 2. The molecule has 1 unspecified atom stereocenters. The molecule has 4 rings (SSSR count). The lowest BCUT2D eigenvalue weighted by Gasteiger charge is -2.38. The Balaban J connectivity index is 1.28. The Labute approximate surface area is 262 Å². The number of unbranched alkanes of at least 4 members (excludes halogenated alkanes) is 1. The summed E-state index contributed by atoms with van der Waals surface area (Å²) in [6, 6.07) is 22.0. The van der Waals surface area contributed by atoms with Gasteiger partial charge in [-0.25, -0.2) is 22.1 Å². The van der Waals surface area contributed by atoms with Crippen LogP contribution in [0.25, 0.3) is 0 Å². The molecule has 238 valence electrons. The van der Waals surface area contributed by atoms with Gasteiger partial charge in [0.15, 0.2) is 0 Å². The van der Waals surface area contributed by atoms with Crippen molar-refractivity contribution in [3.63, 3.8) is 0 Å². The van der Waals surface area contributed by atoms with Crippen LogP contribution in [0.5, 0.6) is 11.5 Å². The second-order valence-electron chi connectivity index (χ2n) is 10.9. The highest BCUT2D eigenvalue weighted by Gasteiger charge is 2.28. The van der Waals surface area contributed by atoms with Crippen LogP contribution in [-0.4, -0.2) is 64.9 Å². The first-order chi connectivity index (χ1) is 21.1. The highest BCUT2D eigenvalue weighted by Crippen LogP contribution is 2.25. The topological polar surface area (TPSA) is 140 Å². The molecule has 0 aliphatic carbocycles. The monoisotopic (exact) mass is 643 g/mol. The molecular weight excluding hydrogens is 603 g/mol. The van der Waals surface area contributed by atoms with Crippen molar-refractivity contribution in [1.82, 2.24) is 14.5 Å². The summed E-state index contributed by atoms with van der Waals surface area (Å²) in [5.74, 6) is 1.30. The first-order valence-electron chi connectivity index (χ1n) is 14.7. The molecule has 3 aromatic carbocycles. The molecule has 2 amide bonds. The molecule has 3 aromatic rings. The Morgan fingerprint density at radius 3 is 2.27 bits per heavy atom. The average molecular weight is 644 g/mol. The molecule has 1 fully saturated rings. The van der Waals surface area contributed by atoms with E-state index in [1.165, 1.54) is 5.56 Å². The number of urea groups is 1. The van der Waals surface area contributed by atoms with E-state index in [1.54, 1.807) is 24.3 Å². The molecule has 0 radical (unpaired) electrons. The zero-order chi connectivity index (χ0) is 31.5. The molecule has 44 heavy (non-hydrogen) atoms. The van der Waals surface area contributed by atoms with E-state index < -0.39 is 21.3 Å². The summed E-state index contributed by atoms with van der Waals surface area (Å²) in [5.41, 5.74) is 3.11. The van der Waals surface area contributed by atoms with E-state index in [4.69, 9.17) is 9.29 Å². The van der Waals surface area contributed by atoms with Crippen LogP contribution in [-0.2, 0) is 34.4 Å². The molecule has 1 heterocycles. The minimum absolute atomic E-state index is 0.121. The molecule has 1 saturated heterocycles. The maximum atomic E-state index is 13.4. The molecule has 0 saturated carbocycles. The van der Waals surface area contributed by atoms with Crippen LogP contribution < -0.4 is 19.5 Å². The molecule has 1 aliphatic heterocycles. The van der Waals surface area contributed by atoms with E-state index >= 15 is 0 Å². The van der Waals surface area contributed by atoms with Crippen LogP contribution in [0.2, 0.25) is 0 Å². The fourth-order valence-corrected chi connectivity index (χ4v) is 5.98. The number of hydrogen-bond donors (Lipinski definition) is 4. The first kappa shape index (κ1) is 33.4. The van der Waals surface area contributed by atoms with E-state index in [2.05, 4.69) is 26.6 Å². The maximum Gasteiger partial charge on any atom is 0.322 e. The zero-order valence-electron chi connectivity index (χ0n) is 25.1. The van der Waals surface area contributed by atoms with Crippen LogP contribution in [0.4, 0.5) is 16.2 Å². The fourth-order valence-electron chi connectivity index (χ4n) is 5.13. The normalized spacial score (nSPS) is 15.0. The van der Waals surface area contributed by atoms with Crippen molar-refractivity contribution in [2.75, 3.05) is 35.9 Å². The van der Waals surface area contributed by atoms with Gasteiger partial charge in [-0.3, -0.25) is 14.2 Å². The van der Waals surface area contributed by atoms with Crippen molar-refractivity contribution in [3.8, 4) is 11.5 Å². The molecule has 0 aromatic heterocycles. The Hall–Kier alpha value is -3.49. The number of benzene rings is 3. The number of carbonyl (C=O) groups excluding carboxylic acids is 1. The molecule has 1 aliphatic rings. The first-order valence-corrected chi connectivity index (χ1v) is 17.7. The predicted octanol–water partition coefficient (Wildman–Crippen LogP) is 5.38. The second kappa shape index (κ2) is 16.0. The zero-order valence-corrected chi connectivity index (χ0v) is 26.7. The summed E-state index contributed by atoms with van der Waals surface area (Å²) in [6.45, 7) is 5.60. The van der Waals surface area contributed by atoms with E-state index in [-0.39, 0.29) is 18.6 Å². The molecule has 1 atom stereocenters. The number of carbonyl (C=O) groups is 1. The molecule has 4 N–H and O–H groups in total. The number of sulfonamides is 1. The number of anilines is 2. The third kappa shape index (κ3) is 10.9. The molecule has 13 heteroatoms. The van der Waals surface area contributed by atoms with Gasteiger partial charge in [-0.05, 0) is 78.9 Å². The van der Waals surface area contributed by atoms with Crippen LogP contribution in [0.15, 0.2) is 72.8 Å². The van der Waals surface area contributed by atoms with Crippen molar-refractivity contribution in [1.29, 1.82) is 0 Å². The Kier molecular flexibility index (Phi) is 12.1.